The van der Waals surface area contributed by atoms with Crippen molar-refractivity contribution in [3.63, 3.8) is 0 Å². The smallest absolute Gasteiger partial charge is 0.354 e. The minimum Gasteiger partial charge on any atom is -0.398 e. The molecule has 1 aliphatic carbocycles. The van der Waals surface area contributed by atoms with Crippen LogP contribution in [0.25, 0.3) is 27.7 Å². The molecule has 2 aromatic heterocycles. The van der Waals surface area contributed by atoms with Gasteiger partial charge in [-0.2, -0.15) is 4.98 Å². The Morgan fingerprint density at radius 3 is 2.54 bits per heavy atom. The van der Waals surface area contributed by atoms with E-state index < -0.39 is 32.6 Å². The van der Waals surface area contributed by atoms with E-state index in [-0.39, 0.29) is 63.5 Å². The Bertz CT molecular complexity index is 2060. The molecule has 11 nitrogen and oxygen atoms in total. The van der Waals surface area contributed by atoms with Gasteiger partial charge in [0.2, 0.25) is 15.9 Å². The Hall–Kier alpha value is -4.85. The number of aromatic nitrogens is 3. The van der Waals surface area contributed by atoms with E-state index in [0.717, 1.165) is 10.4 Å². The minimum atomic E-state index is -3.79. The first kappa shape index (κ1) is 31.1. The predicted octanol–water partition coefficient (Wildman–Crippen LogP) is 3.77. The molecule has 2 aromatic carbocycles. The molecular weight excluding hydrogens is 616 g/mol. The maximum Gasteiger partial charge on any atom is 0.354 e. The fourth-order valence-corrected chi connectivity index (χ4v) is 7.59. The van der Waals surface area contributed by atoms with Crippen LogP contribution < -0.4 is 20.6 Å². The first-order valence-electron chi connectivity index (χ1n) is 14.8. The van der Waals surface area contributed by atoms with Gasteiger partial charge in [-0.15, -0.1) is 0 Å². The molecule has 0 spiro atoms. The molecule has 0 radical (unpaired) electrons. The van der Waals surface area contributed by atoms with E-state index in [1.807, 2.05) is 11.8 Å². The van der Waals surface area contributed by atoms with Crippen molar-refractivity contribution in [2.45, 2.75) is 38.0 Å². The number of nitrogen functional groups attached to an aromatic ring is 1. The number of rotatable bonds is 7. The molecule has 6 rings (SSSR count). The first-order chi connectivity index (χ1) is 21.8. The number of nitrogens with two attached hydrogens (primary N) is 1. The number of carbonyl (C=O) groups is 1. The molecule has 1 aliphatic heterocycles. The highest BCUT2D eigenvalue weighted by Gasteiger charge is 2.40. The van der Waals surface area contributed by atoms with Crippen molar-refractivity contribution >= 4 is 44.2 Å². The van der Waals surface area contributed by atoms with Crippen molar-refractivity contribution in [3.05, 3.63) is 82.9 Å². The lowest BCUT2D eigenvalue weighted by atomic mass is 10.00. The summed E-state index contributed by atoms with van der Waals surface area (Å²) in [6.07, 6.45) is 3.71. The van der Waals surface area contributed by atoms with Crippen LogP contribution in [-0.4, -0.2) is 71.7 Å². The zero-order valence-corrected chi connectivity index (χ0v) is 26.4. The van der Waals surface area contributed by atoms with Gasteiger partial charge in [0.1, 0.15) is 17.5 Å². The largest absolute Gasteiger partial charge is 0.398 e. The van der Waals surface area contributed by atoms with Crippen LogP contribution in [-0.2, 0) is 14.8 Å². The summed E-state index contributed by atoms with van der Waals surface area (Å²) in [4.78, 5) is 38.7. The summed E-state index contributed by atoms with van der Waals surface area (Å²) >= 11 is 0. The van der Waals surface area contributed by atoms with Crippen LogP contribution in [0.4, 0.5) is 26.1 Å². The number of nitrogens with zero attached hydrogens (tertiary/aromatic N) is 6. The Morgan fingerprint density at radius 2 is 1.89 bits per heavy atom. The molecule has 2 aliphatic rings. The number of fused-ring (bicyclic) bond motifs is 1. The maximum atomic E-state index is 16.1. The van der Waals surface area contributed by atoms with E-state index in [9.17, 15) is 18.0 Å². The molecule has 0 bridgehead atoms. The molecule has 46 heavy (non-hydrogen) atoms. The number of pyridine rings is 1. The second-order valence-electron chi connectivity index (χ2n) is 11.6. The van der Waals surface area contributed by atoms with Gasteiger partial charge in [0.25, 0.3) is 0 Å². The lowest BCUT2D eigenvalue weighted by molar-refractivity contribution is -0.126. The Morgan fingerprint density at radius 1 is 1.15 bits per heavy atom. The average Bonchev–Trinajstić information content (AvgIpc) is 3.87. The number of benzene rings is 2. The SMILES string of the molecule is C=CC(=O)N1CCN(c2nc(=O)n(-c3c(C)ccnc3N(C)S(=O)(=O)C3CC3)c3cc(-c4c(N)cccc4F)c(F)cc23)[C@@H](C)C1. The van der Waals surface area contributed by atoms with Crippen LogP contribution in [0.5, 0.6) is 0 Å². The summed E-state index contributed by atoms with van der Waals surface area (Å²) in [5.41, 5.74) is 5.73. The van der Waals surface area contributed by atoms with Gasteiger partial charge in [-0.3, -0.25) is 13.7 Å². The molecule has 1 amide bonds. The number of aryl methyl sites for hydroxylation is 1. The molecule has 1 saturated heterocycles. The standard InChI is InChI=1S/C32H33F2N7O4S/c1-5-27(42)39-13-14-40(19(3)17-39)30-22-15-24(34)21(28-23(33)7-6-8-25(28)35)16-26(22)41(32(43)37-30)29-18(2)11-12-36-31(29)38(4)46(44,45)20-9-10-20/h5-8,11-12,15-16,19-20H,1,9-10,13-14,17,35H2,2-4H3/t19-/m0/s1. The fourth-order valence-electron chi connectivity index (χ4n) is 6.04. The molecule has 1 atom stereocenters. The van der Waals surface area contributed by atoms with Crippen molar-refractivity contribution in [1.29, 1.82) is 0 Å². The summed E-state index contributed by atoms with van der Waals surface area (Å²) in [6.45, 7) is 8.01. The second-order valence-corrected chi connectivity index (χ2v) is 13.9. The predicted molar refractivity (Wildman–Crippen MR) is 174 cm³/mol. The summed E-state index contributed by atoms with van der Waals surface area (Å²) in [6, 6.07) is 7.83. The third kappa shape index (κ3) is 5.15. The topological polar surface area (TPSA) is 135 Å². The lowest BCUT2D eigenvalue weighted by Crippen LogP contribution is -2.54. The van der Waals surface area contributed by atoms with Gasteiger partial charge < -0.3 is 15.5 Å². The number of carbonyl (C=O) groups excluding carboxylic acids is 1. The number of piperazine rings is 1. The highest BCUT2D eigenvalue weighted by Crippen LogP contribution is 2.39. The molecule has 2 N–H and O–H groups in total. The molecular formula is C32H33F2N7O4S. The van der Waals surface area contributed by atoms with Crippen molar-refractivity contribution in [2.24, 2.45) is 0 Å². The summed E-state index contributed by atoms with van der Waals surface area (Å²) in [5, 5.41) is -0.340. The Balaban J connectivity index is 1.65. The average molecular weight is 650 g/mol. The number of sulfonamides is 1. The van der Waals surface area contributed by atoms with Crippen LogP contribution in [0.3, 0.4) is 0 Å². The molecule has 4 aromatic rings. The van der Waals surface area contributed by atoms with Gasteiger partial charge in [0, 0.05) is 61.1 Å². The molecule has 14 heteroatoms. The van der Waals surface area contributed by atoms with E-state index in [2.05, 4.69) is 16.5 Å². The monoisotopic (exact) mass is 649 g/mol. The van der Waals surface area contributed by atoms with Crippen LogP contribution in [0.15, 0.2) is 60.0 Å². The Labute approximate surface area is 264 Å². The van der Waals surface area contributed by atoms with E-state index in [1.54, 1.807) is 17.9 Å². The number of hydrogen-bond donors (Lipinski definition) is 1. The van der Waals surface area contributed by atoms with E-state index in [4.69, 9.17) is 5.73 Å². The molecule has 0 unspecified atom stereocenters. The Kier molecular flexibility index (Phi) is 7.79. The zero-order chi connectivity index (χ0) is 33.1. The quantitative estimate of drug-likeness (QED) is 0.236. The van der Waals surface area contributed by atoms with Gasteiger partial charge in [0.15, 0.2) is 5.82 Å². The summed E-state index contributed by atoms with van der Waals surface area (Å²) < 4.78 is 60.1. The van der Waals surface area contributed by atoms with Crippen LogP contribution in [0.1, 0.15) is 25.3 Å². The molecule has 3 heterocycles. The highest BCUT2D eigenvalue weighted by molar-refractivity contribution is 7.93. The van der Waals surface area contributed by atoms with E-state index in [0.29, 0.717) is 31.5 Å². The third-order valence-electron chi connectivity index (χ3n) is 8.62. The van der Waals surface area contributed by atoms with Crippen molar-refractivity contribution in [2.75, 3.05) is 41.6 Å². The number of halogens is 2. The zero-order valence-electron chi connectivity index (χ0n) is 25.6. The minimum absolute atomic E-state index is 0.00781. The normalized spacial score (nSPS) is 16.9. The summed E-state index contributed by atoms with van der Waals surface area (Å²) in [5.74, 6) is -1.63. The maximum absolute atomic E-state index is 16.1. The van der Waals surface area contributed by atoms with Crippen molar-refractivity contribution in [3.8, 4) is 16.8 Å². The number of anilines is 3. The van der Waals surface area contributed by atoms with Crippen LogP contribution in [0.2, 0.25) is 0 Å². The second kappa shape index (κ2) is 11.5. The van der Waals surface area contributed by atoms with E-state index in [1.165, 1.54) is 48.2 Å². The molecule has 1 saturated carbocycles. The van der Waals surface area contributed by atoms with Gasteiger partial charge in [-0.05, 0) is 68.7 Å². The molecule has 2 fully saturated rings. The van der Waals surface area contributed by atoms with Gasteiger partial charge in [0.05, 0.1) is 16.5 Å². The summed E-state index contributed by atoms with van der Waals surface area (Å²) in [7, 11) is -2.41. The van der Waals surface area contributed by atoms with Crippen LogP contribution >= 0.6 is 0 Å². The lowest BCUT2D eigenvalue weighted by Gasteiger charge is -2.40. The number of hydrogen-bond acceptors (Lipinski definition) is 8. The number of amides is 1. The first-order valence-corrected chi connectivity index (χ1v) is 16.3. The highest BCUT2D eigenvalue weighted by atomic mass is 32.2. The molecule has 240 valence electrons. The van der Waals surface area contributed by atoms with Gasteiger partial charge in [-0.1, -0.05) is 12.6 Å². The van der Waals surface area contributed by atoms with Crippen molar-refractivity contribution < 1.29 is 22.0 Å². The van der Waals surface area contributed by atoms with Gasteiger partial charge in [-0.25, -0.2) is 27.0 Å². The third-order valence-corrected chi connectivity index (χ3v) is 10.9. The van der Waals surface area contributed by atoms with Crippen molar-refractivity contribution in [1.82, 2.24) is 19.4 Å². The van der Waals surface area contributed by atoms with E-state index >= 15 is 8.78 Å². The fraction of sp³-hybridized carbons (Fsp3) is 0.312. The van der Waals surface area contributed by atoms with Gasteiger partial charge >= 0.3 is 5.69 Å². The van der Waals surface area contributed by atoms with Crippen LogP contribution in [0, 0.1) is 18.6 Å².